The minimum absolute atomic E-state index is 0.202. The third kappa shape index (κ3) is 2.07. The van der Waals surface area contributed by atoms with Crippen LogP contribution >= 0.6 is 0 Å². The van der Waals surface area contributed by atoms with Crippen LogP contribution in [0.25, 0.3) is 0 Å². The quantitative estimate of drug-likeness (QED) is 0.923. The highest BCUT2D eigenvalue weighted by molar-refractivity contribution is 5.45. The van der Waals surface area contributed by atoms with Gasteiger partial charge in [0.05, 0.1) is 14.2 Å². The van der Waals surface area contributed by atoms with Gasteiger partial charge in [0.15, 0.2) is 11.5 Å². The Balaban J connectivity index is 2.01. The molecule has 0 aliphatic carbocycles. The zero-order valence-corrected chi connectivity index (χ0v) is 11.7. The summed E-state index contributed by atoms with van der Waals surface area (Å²) in [6.45, 7) is 0.878. The van der Waals surface area contributed by atoms with Gasteiger partial charge in [0, 0.05) is 12.5 Å². The Labute approximate surface area is 117 Å². The van der Waals surface area contributed by atoms with Crippen LogP contribution in [0.3, 0.4) is 0 Å². The number of nitrogens with zero attached hydrogens (tertiary/aromatic N) is 3. The van der Waals surface area contributed by atoms with Crippen LogP contribution in [-0.4, -0.2) is 29.0 Å². The smallest absolute Gasteiger partial charge is 0.239 e. The van der Waals surface area contributed by atoms with Crippen LogP contribution in [0.2, 0.25) is 0 Å². The van der Waals surface area contributed by atoms with Crippen molar-refractivity contribution in [3.63, 3.8) is 0 Å². The first-order valence-corrected chi connectivity index (χ1v) is 6.65. The number of fused-ring (bicyclic) bond motifs is 1. The van der Waals surface area contributed by atoms with Crippen molar-refractivity contribution < 1.29 is 9.47 Å². The van der Waals surface area contributed by atoms with Gasteiger partial charge in [0.1, 0.15) is 5.82 Å². The summed E-state index contributed by atoms with van der Waals surface area (Å²) in [4.78, 5) is 4.36. The number of hydrogen-bond donors (Lipinski definition) is 1. The molecule has 2 heterocycles. The molecule has 3 rings (SSSR count). The molecule has 2 aromatic rings. The molecule has 0 amide bonds. The molecule has 1 unspecified atom stereocenters. The first-order valence-electron chi connectivity index (χ1n) is 6.65. The standard InChI is InChI=1S/C14H18N4O2/c1-19-11-6-5-9(8-12(11)20-2)10-4-3-7-18-13(10)16-14(15)17-18/h5-6,8,10H,3-4,7H2,1-2H3,(H2,15,17). The number of nitrogens with two attached hydrogens (primary N) is 1. The van der Waals surface area contributed by atoms with E-state index in [1.54, 1.807) is 14.2 Å². The van der Waals surface area contributed by atoms with Gasteiger partial charge in [0.25, 0.3) is 0 Å². The Morgan fingerprint density at radius 2 is 2.05 bits per heavy atom. The predicted molar refractivity (Wildman–Crippen MR) is 75.1 cm³/mol. The fraction of sp³-hybridized carbons (Fsp3) is 0.429. The maximum absolute atomic E-state index is 5.71. The van der Waals surface area contributed by atoms with Gasteiger partial charge in [-0.1, -0.05) is 6.07 Å². The van der Waals surface area contributed by atoms with E-state index in [9.17, 15) is 0 Å². The highest BCUT2D eigenvalue weighted by atomic mass is 16.5. The van der Waals surface area contributed by atoms with Gasteiger partial charge in [-0.05, 0) is 30.5 Å². The molecule has 106 valence electrons. The molecular formula is C14H18N4O2. The van der Waals surface area contributed by atoms with E-state index >= 15 is 0 Å². The minimum atomic E-state index is 0.202. The molecule has 6 nitrogen and oxygen atoms in total. The predicted octanol–water partition coefficient (Wildman–Crippen LogP) is 1.80. The zero-order valence-electron chi connectivity index (χ0n) is 11.7. The number of rotatable bonds is 3. The van der Waals surface area contributed by atoms with Crippen LogP contribution in [0.15, 0.2) is 18.2 Å². The summed E-state index contributed by atoms with van der Waals surface area (Å²) in [6, 6.07) is 5.98. The Morgan fingerprint density at radius 1 is 1.25 bits per heavy atom. The van der Waals surface area contributed by atoms with E-state index < -0.39 is 0 Å². The Kier molecular flexibility index (Phi) is 3.22. The maximum atomic E-state index is 5.71. The lowest BCUT2D eigenvalue weighted by atomic mass is 9.91. The third-order valence-corrected chi connectivity index (χ3v) is 3.70. The molecule has 0 spiro atoms. The third-order valence-electron chi connectivity index (χ3n) is 3.70. The van der Waals surface area contributed by atoms with Gasteiger partial charge in [-0.25, -0.2) is 4.68 Å². The molecule has 0 saturated carbocycles. The fourth-order valence-electron chi connectivity index (χ4n) is 2.75. The number of nitrogen functional groups attached to an aromatic ring is 1. The number of anilines is 1. The summed E-state index contributed by atoms with van der Waals surface area (Å²) in [6.07, 6.45) is 2.10. The minimum Gasteiger partial charge on any atom is -0.493 e. The van der Waals surface area contributed by atoms with Gasteiger partial charge in [-0.2, -0.15) is 4.98 Å². The number of benzene rings is 1. The van der Waals surface area contributed by atoms with E-state index in [1.165, 1.54) is 0 Å². The Bertz CT molecular complexity index is 624. The van der Waals surface area contributed by atoms with Crippen molar-refractivity contribution in [1.29, 1.82) is 0 Å². The Morgan fingerprint density at radius 3 is 2.80 bits per heavy atom. The lowest BCUT2D eigenvalue weighted by Gasteiger charge is -2.23. The van der Waals surface area contributed by atoms with E-state index in [0.29, 0.717) is 5.95 Å². The van der Waals surface area contributed by atoms with E-state index in [1.807, 2.05) is 22.9 Å². The summed E-state index contributed by atoms with van der Waals surface area (Å²) in [7, 11) is 3.28. The van der Waals surface area contributed by atoms with Gasteiger partial charge >= 0.3 is 0 Å². The molecule has 1 aliphatic rings. The SMILES string of the molecule is COc1ccc(C2CCCn3nc(N)nc32)cc1OC. The number of methoxy groups -OCH3 is 2. The van der Waals surface area contributed by atoms with Crippen molar-refractivity contribution in [1.82, 2.24) is 14.8 Å². The highest BCUT2D eigenvalue weighted by Crippen LogP contribution is 2.36. The molecule has 0 saturated heterocycles. The number of aromatic nitrogens is 3. The second-order valence-corrected chi connectivity index (χ2v) is 4.86. The van der Waals surface area contributed by atoms with Crippen molar-refractivity contribution in [3.05, 3.63) is 29.6 Å². The second kappa shape index (κ2) is 5.03. The van der Waals surface area contributed by atoms with Gasteiger partial charge in [-0.15, -0.1) is 5.10 Å². The molecule has 1 aromatic carbocycles. The monoisotopic (exact) mass is 274 g/mol. The van der Waals surface area contributed by atoms with Crippen molar-refractivity contribution >= 4 is 5.95 Å². The molecule has 1 aliphatic heterocycles. The normalized spacial score (nSPS) is 17.6. The number of hydrogen-bond acceptors (Lipinski definition) is 5. The summed E-state index contributed by atoms with van der Waals surface area (Å²) in [5, 5.41) is 4.23. The van der Waals surface area contributed by atoms with Crippen LogP contribution < -0.4 is 15.2 Å². The van der Waals surface area contributed by atoms with Crippen molar-refractivity contribution in [2.75, 3.05) is 20.0 Å². The Hall–Kier alpha value is -2.24. The lowest BCUT2D eigenvalue weighted by molar-refractivity contribution is 0.353. The number of ether oxygens (including phenoxy) is 2. The van der Waals surface area contributed by atoms with E-state index in [-0.39, 0.29) is 5.92 Å². The molecule has 1 aromatic heterocycles. The average Bonchev–Trinajstić information content (AvgIpc) is 2.86. The summed E-state index contributed by atoms with van der Waals surface area (Å²) < 4.78 is 12.5. The molecule has 1 atom stereocenters. The zero-order chi connectivity index (χ0) is 14.1. The van der Waals surface area contributed by atoms with E-state index in [4.69, 9.17) is 15.2 Å². The average molecular weight is 274 g/mol. The summed E-state index contributed by atoms with van der Waals surface area (Å²) in [5.74, 6) is 2.93. The molecular weight excluding hydrogens is 256 g/mol. The van der Waals surface area contributed by atoms with Crippen LogP contribution in [0, 0.1) is 0 Å². The maximum Gasteiger partial charge on any atom is 0.239 e. The summed E-state index contributed by atoms with van der Waals surface area (Å²) in [5.41, 5.74) is 6.86. The largest absolute Gasteiger partial charge is 0.493 e. The first-order chi connectivity index (χ1) is 9.72. The topological polar surface area (TPSA) is 75.2 Å². The molecule has 0 bridgehead atoms. The van der Waals surface area contributed by atoms with Crippen LogP contribution in [0.5, 0.6) is 11.5 Å². The molecule has 20 heavy (non-hydrogen) atoms. The number of aryl methyl sites for hydroxylation is 1. The van der Waals surface area contributed by atoms with E-state index in [2.05, 4.69) is 10.1 Å². The van der Waals surface area contributed by atoms with Crippen molar-refractivity contribution in [3.8, 4) is 11.5 Å². The van der Waals surface area contributed by atoms with Crippen LogP contribution in [0.1, 0.15) is 30.1 Å². The fourth-order valence-corrected chi connectivity index (χ4v) is 2.75. The second-order valence-electron chi connectivity index (χ2n) is 4.86. The van der Waals surface area contributed by atoms with Crippen LogP contribution in [-0.2, 0) is 6.54 Å². The molecule has 6 heteroatoms. The molecule has 0 radical (unpaired) electrons. The van der Waals surface area contributed by atoms with Crippen LogP contribution in [0.4, 0.5) is 5.95 Å². The van der Waals surface area contributed by atoms with Gasteiger partial charge in [0.2, 0.25) is 5.95 Å². The first kappa shape index (κ1) is 12.8. The van der Waals surface area contributed by atoms with Gasteiger partial charge in [-0.3, -0.25) is 0 Å². The van der Waals surface area contributed by atoms with E-state index in [0.717, 1.165) is 42.3 Å². The summed E-state index contributed by atoms with van der Waals surface area (Å²) >= 11 is 0. The highest BCUT2D eigenvalue weighted by Gasteiger charge is 2.26. The molecule has 0 fully saturated rings. The molecule has 2 N–H and O–H groups in total. The lowest BCUT2D eigenvalue weighted by Crippen LogP contribution is -2.18. The van der Waals surface area contributed by atoms with Crippen molar-refractivity contribution in [2.45, 2.75) is 25.3 Å². The van der Waals surface area contributed by atoms with Crippen molar-refractivity contribution in [2.24, 2.45) is 0 Å². The van der Waals surface area contributed by atoms with Gasteiger partial charge < -0.3 is 15.2 Å².